The summed E-state index contributed by atoms with van der Waals surface area (Å²) in [6.07, 6.45) is -4.61. The van der Waals surface area contributed by atoms with Gasteiger partial charge >= 0.3 is 6.18 Å². The number of nitrogen functional groups attached to an aromatic ring is 1. The standard InChI is InChI=1S/C11H16F3N5O/c12-11(13,14)10-16-8(15)7-9(17-10)19-3-1-18(2-4-19)5-6-20/h7,20H,1-6H2,(H2,15,16,17). The van der Waals surface area contributed by atoms with Crippen LogP contribution in [0.3, 0.4) is 0 Å². The van der Waals surface area contributed by atoms with E-state index < -0.39 is 12.0 Å². The average Bonchev–Trinajstić information content (AvgIpc) is 2.38. The maximum absolute atomic E-state index is 12.6. The highest BCUT2D eigenvalue weighted by molar-refractivity contribution is 5.47. The van der Waals surface area contributed by atoms with Gasteiger partial charge in [-0.25, -0.2) is 9.97 Å². The Kier molecular flexibility index (Phi) is 4.29. The number of aromatic nitrogens is 2. The van der Waals surface area contributed by atoms with Crippen molar-refractivity contribution < 1.29 is 18.3 Å². The molecule has 1 aromatic heterocycles. The molecule has 0 unspecified atom stereocenters. The van der Waals surface area contributed by atoms with Gasteiger partial charge in [-0.15, -0.1) is 0 Å². The van der Waals surface area contributed by atoms with Crippen molar-refractivity contribution in [1.82, 2.24) is 14.9 Å². The first-order valence-electron chi connectivity index (χ1n) is 6.20. The van der Waals surface area contributed by atoms with E-state index in [1.54, 1.807) is 4.90 Å². The first kappa shape index (κ1) is 14.8. The molecule has 6 nitrogen and oxygen atoms in total. The minimum Gasteiger partial charge on any atom is -0.395 e. The Balaban J connectivity index is 2.12. The molecule has 3 N–H and O–H groups in total. The summed E-state index contributed by atoms with van der Waals surface area (Å²) in [5, 5.41) is 8.85. The van der Waals surface area contributed by atoms with Crippen LogP contribution in [0.4, 0.5) is 24.8 Å². The van der Waals surface area contributed by atoms with Crippen molar-refractivity contribution in [2.45, 2.75) is 6.18 Å². The van der Waals surface area contributed by atoms with Crippen LogP contribution in [0.25, 0.3) is 0 Å². The van der Waals surface area contributed by atoms with Crippen LogP contribution < -0.4 is 10.6 Å². The van der Waals surface area contributed by atoms with Crippen LogP contribution in [0.2, 0.25) is 0 Å². The van der Waals surface area contributed by atoms with Gasteiger partial charge in [0.15, 0.2) is 0 Å². The van der Waals surface area contributed by atoms with Gasteiger partial charge in [0.1, 0.15) is 11.6 Å². The number of hydrogen-bond donors (Lipinski definition) is 2. The summed E-state index contributed by atoms with van der Waals surface area (Å²) in [6.45, 7) is 3.02. The van der Waals surface area contributed by atoms with Gasteiger partial charge in [-0.05, 0) is 0 Å². The monoisotopic (exact) mass is 291 g/mol. The Morgan fingerprint density at radius 3 is 2.40 bits per heavy atom. The van der Waals surface area contributed by atoms with Crippen molar-refractivity contribution in [3.05, 3.63) is 11.9 Å². The molecule has 112 valence electrons. The highest BCUT2D eigenvalue weighted by atomic mass is 19.4. The maximum atomic E-state index is 12.6. The SMILES string of the molecule is Nc1cc(N2CCN(CCO)CC2)nc(C(F)(F)F)n1. The van der Waals surface area contributed by atoms with Crippen molar-refractivity contribution in [2.75, 3.05) is 50.0 Å². The van der Waals surface area contributed by atoms with Crippen LogP contribution in [-0.4, -0.2) is 59.3 Å². The van der Waals surface area contributed by atoms with E-state index in [0.717, 1.165) is 0 Å². The predicted octanol–water partition coefficient (Wildman–Crippen LogP) is 0.192. The number of halogens is 3. The molecule has 1 saturated heterocycles. The lowest BCUT2D eigenvalue weighted by Crippen LogP contribution is -2.47. The van der Waals surface area contributed by atoms with E-state index in [0.29, 0.717) is 32.7 Å². The summed E-state index contributed by atoms with van der Waals surface area (Å²) in [4.78, 5) is 10.5. The summed E-state index contributed by atoms with van der Waals surface area (Å²) in [5.74, 6) is -1.22. The molecule has 1 aliphatic rings. The first-order valence-corrected chi connectivity index (χ1v) is 6.20. The van der Waals surface area contributed by atoms with Gasteiger partial charge in [0.2, 0.25) is 5.82 Å². The fraction of sp³-hybridized carbons (Fsp3) is 0.636. The number of β-amino-alcohol motifs (C(OH)–C–C–N with tert-alkyl or cyclic N) is 1. The molecule has 0 atom stereocenters. The second-order valence-electron chi connectivity index (χ2n) is 4.52. The maximum Gasteiger partial charge on any atom is 0.451 e. The van der Waals surface area contributed by atoms with E-state index in [1.165, 1.54) is 6.07 Å². The van der Waals surface area contributed by atoms with Crippen LogP contribution in [0.5, 0.6) is 0 Å². The Bertz CT molecular complexity index is 460. The van der Waals surface area contributed by atoms with Crippen LogP contribution in [0.15, 0.2) is 6.07 Å². The highest BCUT2D eigenvalue weighted by Crippen LogP contribution is 2.28. The van der Waals surface area contributed by atoms with Crippen molar-refractivity contribution in [2.24, 2.45) is 0 Å². The van der Waals surface area contributed by atoms with Gasteiger partial charge in [0.05, 0.1) is 6.61 Å². The lowest BCUT2D eigenvalue weighted by molar-refractivity contribution is -0.144. The lowest BCUT2D eigenvalue weighted by atomic mass is 10.3. The number of nitrogens with zero attached hydrogens (tertiary/aromatic N) is 4. The van der Waals surface area contributed by atoms with Crippen LogP contribution in [0.1, 0.15) is 5.82 Å². The minimum atomic E-state index is -4.61. The molecule has 0 spiro atoms. The average molecular weight is 291 g/mol. The van der Waals surface area contributed by atoms with Crippen molar-refractivity contribution in [1.29, 1.82) is 0 Å². The van der Waals surface area contributed by atoms with E-state index in [-0.39, 0.29) is 18.2 Å². The third-order valence-electron chi connectivity index (χ3n) is 3.10. The van der Waals surface area contributed by atoms with E-state index in [4.69, 9.17) is 10.8 Å². The second kappa shape index (κ2) is 5.80. The van der Waals surface area contributed by atoms with Crippen molar-refractivity contribution >= 4 is 11.6 Å². The normalized spacial score (nSPS) is 17.5. The summed E-state index contributed by atoms with van der Waals surface area (Å²) in [6, 6.07) is 1.34. The summed E-state index contributed by atoms with van der Waals surface area (Å²) >= 11 is 0. The Morgan fingerprint density at radius 2 is 1.85 bits per heavy atom. The Hall–Kier alpha value is -1.61. The molecule has 9 heteroatoms. The lowest BCUT2D eigenvalue weighted by Gasteiger charge is -2.35. The fourth-order valence-corrected chi connectivity index (χ4v) is 2.08. The van der Waals surface area contributed by atoms with E-state index in [9.17, 15) is 13.2 Å². The molecule has 2 heterocycles. The fourth-order valence-electron chi connectivity index (χ4n) is 2.08. The molecule has 0 saturated carbocycles. The third kappa shape index (κ3) is 3.48. The molecule has 1 aromatic rings. The molecular weight excluding hydrogens is 275 g/mol. The van der Waals surface area contributed by atoms with Crippen LogP contribution >= 0.6 is 0 Å². The number of alkyl halides is 3. The van der Waals surface area contributed by atoms with Crippen LogP contribution in [-0.2, 0) is 6.18 Å². The van der Waals surface area contributed by atoms with E-state index >= 15 is 0 Å². The summed E-state index contributed by atoms with van der Waals surface area (Å²) < 4.78 is 37.9. The van der Waals surface area contributed by atoms with Gasteiger partial charge in [-0.1, -0.05) is 0 Å². The van der Waals surface area contributed by atoms with Gasteiger partial charge in [-0.2, -0.15) is 13.2 Å². The molecule has 0 radical (unpaired) electrons. The summed E-state index contributed by atoms with van der Waals surface area (Å²) in [7, 11) is 0. The number of aliphatic hydroxyl groups excluding tert-OH is 1. The molecule has 1 aliphatic heterocycles. The van der Waals surface area contributed by atoms with Gasteiger partial charge in [-0.3, -0.25) is 4.90 Å². The number of hydrogen-bond acceptors (Lipinski definition) is 6. The quantitative estimate of drug-likeness (QED) is 0.828. The van der Waals surface area contributed by atoms with Gasteiger partial charge < -0.3 is 15.7 Å². The van der Waals surface area contributed by atoms with Gasteiger partial charge in [0.25, 0.3) is 0 Å². The van der Waals surface area contributed by atoms with Crippen molar-refractivity contribution in [3.63, 3.8) is 0 Å². The Labute approximate surface area is 114 Å². The number of nitrogens with two attached hydrogens (primary N) is 1. The molecule has 0 aromatic carbocycles. The number of aliphatic hydroxyl groups is 1. The largest absolute Gasteiger partial charge is 0.451 e. The zero-order valence-electron chi connectivity index (χ0n) is 10.8. The van der Waals surface area contributed by atoms with Crippen molar-refractivity contribution in [3.8, 4) is 0 Å². The molecular formula is C11H16F3N5O. The minimum absolute atomic E-state index is 0.0681. The van der Waals surface area contributed by atoms with Crippen LogP contribution in [0, 0.1) is 0 Å². The zero-order valence-corrected chi connectivity index (χ0v) is 10.8. The Morgan fingerprint density at radius 1 is 1.20 bits per heavy atom. The smallest absolute Gasteiger partial charge is 0.395 e. The van der Waals surface area contributed by atoms with E-state index in [2.05, 4.69) is 9.97 Å². The number of piperazine rings is 1. The third-order valence-corrected chi connectivity index (χ3v) is 3.10. The zero-order chi connectivity index (χ0) is 14.8. The molecule has 2 rings (SSSR count). The second-order valence-corrected chi connectivity index (χ2v) is 4.52. The number of anilines is 2. The first-order chi connectivity index (χ1) is 9.40. The molecule has 20 heavy (non-hydrogen) atoms. The predicted molar refractivity (Wildman–Crippen MR) is 67.2 cm³/mol. The number of rotatable bonds is 3. The molecule has 1 fully saturated rings. The molecule has 0 aliphatic carbocycles. The highest BCUT2D eigenvalue weighted by Gasteiger charge is 2.35. The van der Waals surface area contributed by atoms with E-state index in [1.807, 2.05) is 4.90 Å². The topological polar surface area (TPSA) is 78.5 Å². The summed E-state index contributed by atoms with van der Waals surface area (Å²) in [5.41, 5.74) is 5.42. The van der Waals surface area contributed by atoms with Gasteiger partial charge in [0, 0.05) is 38.8 Å². The molecule has 0 amide bonds. The molecule has 0 bridgehead atoms.